The molecule has 0 saturated carbocycles. The van der Waals surface area contributed by atoms with E-state index in [1.54, 1.807) is 6.20 Å². The maximum Gasteiger partial charge on any atom is 0.0925 e. The van der Waals surface area contributed by atoms with Crippen LogP contribution in [-0.2, 0) is 6.42 Å². The van der Waals surface area contributed by atoms with Gasteiger partial charge in [-0.05, 0) is 18.4 Å². The van der Waals surface area contributed by atoms with Gasteiger partial charge in [0.05, 0.1) is 29.7 Å². The molecular weight excluding hydrogens is 220 g/mol. The molecule has 4 nitrogen and oxygen atoms in total. The highest BCUT2D eigenvalue weighted by atomic mass is 32.1. The van der Waals surface area contributed by atoms with Crippen LogP contribution in [0, 0.1) is 0 Å². The van der Waals surface area contributed by atoms with E-state index < -0.39 is 0 Å². The second-order valence-corrected chi connectivity index (χ2v) is 4.13. The van der Waals surface area contributed by atoms with Crippen molar-refractivity contribution in [1.82, 2.24) is 14.2 Å². The lowest BCUT2D eigenvalue weighted by atomic mass is 10.0. The molecule has 1 atom stereocenters. The number of nitrogens with two attached hydrogens (primary N) is 1. The van der Waals surface area contributed by atoms with Crippen LogP contribution in [-0.4, -0.2) is 8.75 Å². The van der Waals surface area contributed by atoms with Crippen LogP contribution in [0.4, 0.5) is 0 Å². The van der Waals surface area contributed by atoms with Gasteiger partial charge in [-0.1, -0.05) is 30.3 Å². The maximum absolute atomic E-state index is 5.51. The Hall–Kier alpha value is -1.30. The zero-order valence-corrected chi connectivity index (χ0v) is 9.65. The van der Waals surface area contributed by atoms with Gasteiger partial charge in [-0.3, -0.25) is 11.3 Å². The standard InChI is InChI=1S/C11H14N4S/c12-14-10(11-8-13-16-15-11)7-6-9-4-2-1-3-5-9/h1-5,8,10,14H,6-7,12H2. The van der Waals surface area contributed by atoms with Gasteiger partial charge in [-0.15, -0.1) is 0 Å². The summed E-state index contributed by atoms with van der Waals surface area (Å²) in [6.45, 7) is 0. The van der Waals surface area contributed by atoms with Crippen LogP contribution in [0.3, 0.4) is 0 Å². The topological polar surface area (TPSA) is 63.8 Å². The molecule has 1 aromatic carbocycles. The summed E-state index contributed by atoms with van der Waals surface area (Å²) in [5.74, 6) is 5.51. The number of hydrogen-bond acceptors (Lipinski definition) is 5. The molecule has 0 bridgehead atoms. The Labute approximate surface area is 98.8 Å². The van der Waals surface area contributed by atoms with Crippen molar-refractivity contribution in [2.75, 3.05) is 0 Å². The van der Waals surface area contributed by atoms with E-state index in [9.17, 15) is 0 Å². The first-order valence-electron chi connectivity index (χ1n) is 5.17. The molecule has 3 N–H and O–H groups in total. The summed E-state index contributed by atoms with van der Waals surface area (Å²) >= 11 is 1.21. The molecule has 16 heavy (non-hydrogen) atoms. The smallest absolute Gasteiger partial charge is 0.0925 e. The predicted molar refractivity (Wildman–Crippen MR) is 64.7 cm³/mol. The number of benzene rings is 1. The predicted octanol–water partition coefficient (Wildman–Crippen LogP) is 1.68. The lowest BCUT2D eigenvalue weighted by Crippen LogP contribution is -2.28. The molecule has 0 saturated heterocycles. The molecule has 0 fully saturated rings. The minimum Gasteiger partial charge on any atom is -0.271 e. The summed E-state index contributed by atoms with van der Waals surface area (Å²) in [5.41, 5.74) is 5.01. The third kappa shape index (κ3) is 2.85. The number of nitrogens with one attached hydrogen (secondary N) is 1. The summed E-state index contributed by atoms with van der Waals surface area (Å²) in [7, 11) is 0. The Morgan fingerprint density at radius 3 is 2.75 bits per heavy atom. The van der Waals surface area contributed by atoms with E-state index in [0.29, 0.717) is 0 Å². The van der Waals surface area contributed by atoms with Gasteiger partial charge >= 0.3 is 0 Å². The highest BCUT2D eigenvalue weighted by Gasteiger charge is 2.12. The normalized spacial score (nSPS) is 12.6. The van der Waals surface area contributed by atoms with Crippen molar-refractivity contribution in [3.05, 3.63) is 47.8 Å². The quantitative estimate of drug-likeness (QED) is 0.610. The van der Waals surface area contributed by atoms with E-state index in [1.165, 1.54) is 17.3 Å². The summed E-state index contributed by atoms with van der Waals surface area (Å²) in [6.07, 6.45) is 3.67. The SMILES string of the molecule is NNC(CCc1ccccc1)c1cnsn1. The first-order valence-corrected chi connectivity index (χ1v) is 5.90. The van der Waals surface area contributed by atoms with Gasteiger partial charge in [-0.2, -0.15) is 8.75 Å². The van der Waals surface area contributed by atoms with Crippen LogP contribution in [0.1, 0.15) is 23.7 Å². The van der Waals surface area contributed by atoms with Crippen LogP contribution < -0.4 is 11.3 Å². The molecule has 2 aromatic rings. The summed E-state index contributed by atoms with van der Waals surface area (Å²) in [5, 5.41) is 0. The third-order valence-corrected chi connectivity index (χ3v) is 2.99. The minimum absolute atomic E-state index is 0.0824. The van der Waals surface area contributed by atoms with Gasteiger partial charge in [-0.25, -0.2) is 0 Å². The first-order chi connectivity index (χ1) is 7.90. The van der Waals surface area contributed by atoms with Gasteiger partial charge in [0.2, 0.25) is 0 Å². The number of aromatic nitrogens is 2. The molecule has 1 aromatic heterocycles. The average Bonchev–Trinajstić information content (AvgIpc) is 2.85. The van der Waals surface area contributed by atoms with E-state index in [-0.39, 0.29) is 6.04 Å². The zero-order chi connectivity index (χ0) is 11.2. The van der Waals surface area contributed by atoms with Crippen LogP contribution in [0.25, 0.3) is 0 Å². The monoisotopic (exact) mass is 234 g/mol. The summed E-state index contributed by atoms with van der Waals surface area (Å²) < 4.78 is 8.17. The van der Waals surface area contributed by atoms with E-state index in [1.807, 2.05) is 18.2 Å². The van der Waals surface area contributed by atoms with Crippen molar-refractivity contribution in [3.63, 3.8) is 0 Å². The molecule has 0 spiro atoms. The molecule has 5 heteroatoms. The highest BCUT2D eigenvalue weighted by molar-refractivity contribution is 6.99. The van der Waals surface area contributed by atoms with Crippen LogP contribution in [0.2, 0.25) is 0 Å². The van der Waals surface area contributed by atoms with Gasteiger partial charge < -0.3 is 0 Å². The summed E-state index contributed by atoms with van der Waals surface area (Å²) in [4.78, 5) is 0. The second kappa shape index (κ2) is 5.69. The maximum atomic E-state index is 5.51. The highest BCUT2D eigenvalue weighted by Crippen LogP contribution is 2.16. The Morgan fingerprint density at radius 2 is 2.12 bits per heavy atom. The van der Waals surface area contributed by atoms with E-state index in [0.717, 1.165) is 18.5 Å². The summed E-state index contributed by atoms with van der Waals surface area (Å²) in [6, 6.07) is 10.4. The average molecular weight is 234 g/mol. The second-order valence-electron chi connectivity index (χ2n) is 3.58. The molecule has 0 aliphatic rings. The van der Waals surface area contributed by atoms with Crippen molar-refractivity contribution in [1.29, 1.82) is 0 Å². The molecule has 0 radical (unpaired) electrons. The molecule has 0 amide bonds. The Morgan fingerprint density at radius 1 is 1.31 bits per heavy atom. The number of rotatable bonds is 5. The Kier molecular flexibility index (Phi) is 3.98. The Balaban J connectivity index is 1.94. The van der Waals surface area contributed by atoms with Gasteiger partial charge in [0.1, 0.15) is 0 Å². The number of nitrogens with zero attached hydrogens (tertiary/aromatic N) is 2. The van der Waals surface area contributed by atoms with E-state index in [2.05, 4.69) is 26.3 Å². The minimum atomic E-state index is 0.0824. The molecule has 1 heterocycles. The van der Waals surface area contributed by atoms with Crippen molar-refractivity contribution in [2.24, 2.45) is 5.84 Å². The van der Waals surface area contributed by atoms with Crippen LogP contribution in [0.5, 0.6) is 0 Å². The largest absolute Gasteiger partial charge is 0.271 e. The van der Waals surface area contributed by atoms with Gasteiger partial charge in [0, 0.05) is 0 Å². The van der Waals surface area contributed by atoms with E-state index >= 15 is 0 Å². The van der Waals surface area contributed by atoms with Crippen LogP contribution >= 0.6 is 11.7 Å². The number of hydrogen-bond donors (Lipinski definition) is 2. The van der Waals surface area contributed by atoms with Crippen LogP contribution in [0.15, 0.2) is 36.5 Å². The fraction of sp³-hybridized carbons (Fsp3) is 0.273. The fourth-order valence-electron chi connectivity index (χ4n) is 1.60. The fourth-order valence-corrected chi connectivity index (χ4v) is 2.07. The molecule has 84 valence electrons. The van der Waals surface area contributed by atoms with Crippen molar-refractivity contribution < 1.29 is 0 Å². The van der Waals surface area contributed by atoms with Crippen molar-refractivity contribution in [3.8, 4) is 0 Å². The van der Waals surface area contributed by atoms with Crippen molar-refractivity contribution in [2.45, 2.75) is 18.9 Å². The van der Waals surface area contributed by atoms with Gasteiger partial charge in [0.15, 0.2) is 0 Å². The molecule has 0 aliphatic heterocycles. The van der Waals surface area contributed by atoms with Crippen molar-refractivity contribution >= 4 is 11.7 Å². The van der Waals surface area contributed by atoms with Gasteiger partial charge in [0.25, 0.3) is 0 Å². The number of aryl methyl sites for hydroxylation is 1. The first kappa shape index (κ1) is 11.2. The zero-order valence-electron chi connectivity index (χ0n) is 8.84. The molecule has 1 unspecified atom stereocenters. The Bertz CT molecular complexity index is 401. The lowest BCUT2D eigenvalue weighted by Gasteiger charge is -2.12. The number of hydrazine groups is 1. The molecule has 0 aliphatic carbocycles. The van der Waals surface area contributed by atoms with E-state index in [4.69, 9.17) is 5.84 Å². The molecular formula is C11H14N4S. The third-order valence-electron chi connectivity index (χ3n) is 2.50. The lowest BCUT2D eigenvalue weighted by molar-refractivity contribution is 0.507. The molecule has 2 rings (SSSR count).